The Kier molecular flexibility index (Phi) is 6.47. The largest absolute Gasteiger partial charge is 0.399 e. The Morgan fingerprint density at radius 3 is 2.70 bits per heavy atom. The van der Waals surface area contributed by atoms with Crippen molar-refractivity contribution in [3.63, 3.8) is 0 Å². The fourth-order valence-electron chi connectivity index (χ4n) is 1.50. The molecule has 0 saturated heterocycles. The van der Waals surface area contributed by atoms with Crippen LogP contribution in [0.15, 0.2) is 66.4 Å². The van der Waals surface area contributed by atoms with Crippen LogP contribution in [0.4, 0.5) is 4.39 Å². The van der Waals surface area contributed by atoms with Crippen LogP contribution in [-0.2, 0) is 0 Å². The minimum atomic E-state index is -0.472. The van der Waals surface area contributed by atoms with Gasteiger partial charge >= 0.3 is 0 Å². The van der Waals surface area contributed by atoms with Gasteiger partial charge in [0.25, 0.3) is 0 Å². The van der Waals surface area contributed by atoms with E-state index in [2.05, 4.69) is 0 Å². The van der Waals surface area contributed by atoms with E-state index in [1.165, 1.54) is 12.1 Å². The zero-order chi connectivity index (χ0) is 15.0. The highest BCUT2D eigenvalue weighted by atomic mass is 19.1. The van der Waals surface area contributed by atoms with Crippen molar-refractivity contribution >= 4 is 5.57 Å². The lowest BCUT2D eigenvalue weighted by Gasteiger charge is -2.00. The molecule has 3 heteroatoms. The van der Waals surface area contributed by atoms with Gasteiger partial charge in [-0.2, -0.15) is 0 Å². The molecule has 0 aromatic heterocycles. The number of rotatable bonds is 5. The standard InChI is InChI=1S/C17H20FNO/c1-13(15-7-5-8-16(18)12-15)10-11-17(19)9-4-3-6-14(2)20/h3-12,14,20H,19H2,1-2H3/b6-3-,9-4+,13-10+,17-11-. The molecular weight excluding hydrogens is 253 g/mol. The fraction of sp³-hybridized carbons (Fsp3) is 0.176. The van der Waals surface area contributed by atoms with E-state index in [4.69, 9.17) is 10.8 Å². The van der Waals surface area contributed by atoms with Gasteiger partial charge in [0.1, 0.15) is 5.82 Å². The summed E-state index contributed by atoms with van der Waals surface area (Å²) >= 11 is 0. The van der Waals surface area contributed by atoms with Crippen molar-refractivity contribution in [1.82, 2.24) is 0 Å². The van der Waals surface area contributed by atoms with Gasteiger partial charge in [0.2, 0.25) is 0 Å². The third kappa shape index (κ3) is 6.16. The van der Waals surface area contributed by atoms with E-state index in [1.54, 1.807) is 43.4 Å². The predicted octanol–water partition coefficient (Wildman–Crippen LogP) is 3.56. The van der Waals surface area contributed by atoms with E-state index in [-0.39, 0.29) is 5.82 Å². The maximum Gasteiger partial charge on any atom is 0.123 e. The van der Waals surface area contributed by atoms with Crippen LogP contribution in [-0.4, -0.2) is 11.2 Å². The number of nitrogens with two attached hydrogens (primary N) is 1. The quantitative estimate of drug-likeness (QED) is 0.806. The average molecular weight is 273 g/mol. The molecule has 0 heterocycles. The Hall–Kier alpha value is -2.13. The Labute approximate surface area is 119 Å². The second-order valence-electron chi connectivity index (χ2n) is 4.51. The predicted molar refractivity (Wildman–Crippen MR) is 82.3 cm³/mol. The third-order valence-electron chi connectivity index (χ3n) is 2.60. The highest BCUT2D eigenvalue weighted by Crippen LogP contribution is 2.14. The molecule has 0 amide bonds. The lowest BCUT2D eigenvalue weighted by molar-refractivity contribution is 0.244. The molecule has 0 fully saturated rings. The molecule has 0 radical (unpaired) electrons. The normalized spacial score (nSPS) is 15.2. The second kappa shape index (κ2) is 8.12. The lowest BCUT2D eigenvalue weighted by atomic mass is 10.1. The first kappa shape index (κ1) is 15.9. The Bertz CT molecular complexity index is 554. The van der Waals surface area contributed by atoms with Gasteiger partial charge < -0.3 is 10.8 Å². The number of aliphatic hydroxyl groups is 1. The maximum absolute atomic E-state index is 13.1. The summed E-state index contributed by atoms with van der Waals surface area (Å²) in [6.07, 6.45) is 9.99. The highest BCUT2D eigenvalue weighted by molar-refractivity contribution is 5.65. The fourth-order valence-corrected chi connectivity index (χ4v) is 1.50. The number of aliphatic hydroxyl groups excluding tert-OH is 1. The first-order valence-corrected chi connectivity index (χ1v) is 6.42. The van der Waals surface area contributed by atoms with Crippen molar-refractivity contribution in [2.24, 2.45) is 5.73 Å². The maximum atomic E-state index is 13.1. The summed E-state index contributed by atoms with van der Waals surface area (Å²) < 4.78 is 13.1. The summed E-state index contributed by atoms with van der Waals surface area (Å²) in [7, 11) is 0. The van der Waals surface area contributed by atoms with Crippen molar-refractivity contribution in [2.45, 2.75) is 20.0 Å². The average Bonchev–Trinajstić information content (AvgIpc) is 2.40. The summed E-state index contributed by atoms with van der Waals surface area (Å²) in [4.78, 5) is 0. The van der Waals surface area contributed by atoms with Gasteiger partial charge in [0.05, 0.1) is 6.10 Å². The van der Waals surface area contributed by atoms with E-state index >= 15 is 0 Å². The van der Waals surface area contributed by atoms with Crippen LogP contribution >= 0.6 is 0 Å². The van der Waals surface area contributed by atoms with Crippen LogP contribution in [0.5, 0.6) is 0 Å². The van der Waals surface area contributed by atoms with Gasteiger partial charge in [-0.1, -0.05) is 36.4 Å². The molecule has 0 bridgehead atoms. The molecule has 2 nitrogen and oxygen atoms in total. The van der Waals surface area contributed by atoms with Gasteiger partial charge in [0.15, 0.2) is 0 Å². The Balaban J connectivity index is 2.71. The molecule has 1 aromatic carbocycles. The summed E-state index contributed by atoms with van der Waals surface area (Å²) in [5, 5.41) is 9.04. The van der Waals surface area contributed by atoms with Gasteiger partial charge in [-0.25, -0.2) is 4.39 Å². The molecule has 0 spiro atoms. The Morgan fingerprint density at radius 1 is 1.30 bits per heavy atom. The number of halogens is 1. The molecule has 1 rings (SSSR count). The molecule has 0 aliphatic carbocycles. The van der Waals surface area contributed by atoms with E-state index in [1.807, 2.05) is 19.1 Å². The third-order valence-corrected chi connectivity index (χ3v) is 2.60. The highest BCUT2D eigenvalue weighted by Gasteiger charge is 1.96. The van der Waals surface area contributed by atoms with E-state index in [0.717, 1.165) is 11.1 Å². The van der Waals surface area contributed by atoms with E-state index in [0.29, 0.717) is 5.70 Å². The number of hydrogen-bond acceptors (Lipinski definition) is 2. The van der Waals surface area contributed by atoms with Gasteiger partial charge in [-0.15, -0.1) is 0 Å². The first-order valence-electron chi connectivity index (χ1n) is 6.42. The topological polar surface area (TPSA) is 46.2 Å². The van der Waals surface area contributed by atoms with Crippen molar-refractivity contribution in [2.75, 3.05) is 0 Å². The van der Waals surface area contributed by atoms with Crippen molar-refractivity contribution in [1.29, 1.82) is 0 Å². The molecule has 3 N–H and O–H groups in total. The van der Waals surface area contributed by atoms with Crippen LogP contribution in [0, 0.1) is 5.82 Å². The molecule has 1 unspecified atom stereocenters. The lowest BCUT2D eigenvalue weighted by Crippen LogP contribution is -1.92. The summed E-state index contributed by atoms with van der Waals surface area (Å²) in [5.74, 6) is -0.254. The summed E-state index contributed by atoms with van der Waals surface area (Å²) in [5.41, 5.74) is 8.14. The van der Waals surface area contributed by atoms with E-state index < -0.39 is 6.10 Å². The zero-order valence-electron chi connectivity index (χ0n) is 11.8. The summed E-state index contributed by atoms with van der Waals surface area (Å²) in [6, 6.07) is 6.42. The molecule has 106 valence electrons. The first-order chi connectivity index (χ1) is 9.49. The van der Waals surface area contributed by atoms with Crippen molar-refractivity contribution in [3.05, 3.63) is 77.8 Å². The minimum Gasteiger partial charge on any atom is -0.399 e. The molecule has 20 heavy (non-hydrogen) atoms. The molecular formula is C17H20FNO. The van der Waals surface area contributed by atoms with Crippen LogP contribution in [0.3, 0.4) is 0 Å². The van der Waals surface area contributed by atoms with Gasteiger partial charge in [-0.05, 0) is 49.3 Å². The van der Waals surface area contributed by atoms with Crippen LogP contribution in [0.1, 0.15) is 19.4 Å². The van der Waals surface area contributed by atoms with Gasteiger partial charge in [-0.3, -0.25) is 0 Å². The minimum absolute atomic E-state index is 0.254. The molecule has 0 aliphatic rings. The van der Waals surface area contributed by atoms with E-state index in [9.17, 15) is 4.39 Å². The number of benzene rings is 1. The SMILES string of the molecule is C\C(=C/C=C(N)/C=C/C=C\C(C)O)c1cccc(F)c1. The van der Waals surface area contributed by atoms with Crippen LogP contribution < -0.4 is 5.73 Å². The van der Waals surface area contributed by atoms with Crippen LogP contribution in [0.25, 0.3) is 5.57 Å². The van der Waals surface area contributed by atoms with Crippen molar-refractivity contribution < 1.29 is 9.50 Å². The molecule has 0 aliphatic heterocycles. The Morgan fingerprint density at radius 2 is 2.05 bits per heavy atom. The molecule has 0 saturated carbocycles. The van der Waals surface area contributed by atoms with Crippen LogP contribution in [0.2, 0.25) is 0 Å². The molecule has 1 aromatic rings. The number of allylic oxidation sites excluding steroid dienone is 6. The molecule has 1 atom stereocenters. The smallest absolute Gasteiger partial charge is 0.123 e. The zero-order valence-corrected chi connectivity index (χ0v) is 11.8. The number of hydrogen-bond donors (Lipinski definition) is 2. The summed E-state index contributed by atoms with van der Waals surface area (Å²) in [6.45, 7) is 3.57. The van der Waals surface area contributed by atoms with Crippen molar-refractivity contribution in [3.8, 4) is 0 Å². The monoisotopic (exact) mass is 273 g/mol. The second-order valence-corrected chi connectivity index (χ2v) is 4.51. The van der Waals surface area contributed by atoms with Gasteiger partial charge in [0, 0.05) is 5.70 Å².